The van der Waals surface area contributed by atoms with Crippen molar-refractivity contribution >= 4 is 39.3 Å². The number of pyridine rings is 1. The molecule has 8 heteroatoms. The van der Waals surface area contributed by atoms with Gasteiger partial charge in [0.2, 0.25) is 0 Å². The van der Waals surface area contributed by atoms with Crippen LogP contribution in [0.1, 0.15) is 37.6 Å². The summed E-state index contributed by atoms with van der Waals surface area (Å²) < 4.78 is 14.7. The van der Waals surface area contributed by atoms with E-state index in [1.807, 2.05) is 46.0 Å². The molecule has 3 heterocycles. The highest BCUT2D eigenvalue weighted by Crippen LogP contribution is 2.36. The Bertz CT molecular complexity index is 1180. The fraction of sp³-hybridized carbons (Fsp3) is 0.440. The highest BCUT2D eigenvalue weighted by molar-refractivity contribution is 9.10. The molecule has 6 nitrogen and oxygen atoms in total. The number of halogens is 2. The molecule has 0 unspecified atom stereocenters. The van der Waals surface area contributed by atoms with Crippen LogP contribution in [0.3, 0.4) is 0 Å². The lowest BCUT2D eigenvalue weighted by molar-refractivity contribution is -0.0418. The lowest BCUT2D eigenvalue weighted by atomic mass is 10.0. The molecule has 1 aliphatic heterocycles. The van der Waals surface area contributed by atoms with E-state index < -0.39 is 5.60 Å². The van der Waals surface area contributed by atoms with Crippen molar-refractivity contribution in [3.8, 4) is 11.3 Å². The quantitative estimate of drug-likeness (QED) is 0.401. The third-order valence-electron chi connectivity index (χ3n) is 5.58. The number of carbonyl (C=O) groups excluding carboxylic acids is 1. The van der Waals surface area contributed by atoms with E-state index in [1.165, 1.54) is 0 Å². The van der Waals surface area contributed by atoms with Crippen molar-refractivity contribution in [2.45, 2.75) is 52.7 Å². The van der Waals surface area contributed by atoms with Crippen molar-refractivity contribution in [1.29, 1.82) is 0 Å². The van der Waals surface area contributed by atoms with Crippen LogP contribution in [-0.2, 0) is 15.9 Å². The normalized spacial score (nSPS) is 16.9. The van der Waals surface area contributed by atoms with Gasteiger partial charge in [0.1, 0.15) is 11.2 Å². The predicted octanol–water partition coefficient (Wildman–Crippen LogP) is 6.21. The van der Waals surface area contributed by atoms with Crippen LogP contribution in [-0.4, -0.2) is 51.8 Å². The summed E-state index contributed by atoms with van der Waals surface area (Å²) in [6.07, 6.45) is 2.13. The zero-order chi connectivity index (χ0) is 23.9. The molecule has 4 rings (SSSR count). The molecule has 3 aromatic rings. The van der Waals surface area contributed by atoms with Crippen LogP contribution in [0.25, 0.3) is 16.9 Å². The molecule has 1 amide bonds. The Labute approximate surface area is 208 Å². The zero-order valence-corrected chi connectivity index (χ0v) is 22.0. The molecular weight excluding hydrogens is 506 g/mol. The summed E-state index contributed by atoms with van der Waals surface area (Å²) >= 11 is 10.2. The van der Waals surface area contributed by atoms with E-state index in [9.17, 15) is 4.79 Å². The third-order valence-corrected chi connectivity index (χ3v) is 6.34. The number of amides is 1. The predicted molar refractivity (Wildman–Crippen MR) is 134 cm³/mol. The monoisotopic (exact) mass is 533 g/mol. The fourth-order valence-corrected chi connectivity index (χ4v) is 5.21. The highest BCUT2D eigenvalue weighted by Gasteiger charge is 2.30. The standard InChI is InChI=1S/C25H29BrClN3O3/c1-15-6-7-30-20(13-18-14-29(8-9-32-18)24(31)33-25(3,4)5)23(28-21(30)10-15)22-16(2)11-17(26)12-19(22)27/h6-7,10-12,18H,8-9,13-14H2,1-5H3/t18-/m0/s1. The molecule has 0 saturated carbocycles. The number of aryl methyl sites for hydroxylation is 2. The van der Waals surface area contributed by atoms with Gasteiger partial charge in [-0.1, -0.05) is 27.5 Å². The van der Waals surface area contributed by atoms with Gasteiger partial charge in [0.25, 0.3) is 0 Å². The topological polar surface area (TPSA) is 56.1 Å². The van der Waals surface area contributed by atoms with Crippen LogP contribution in [0.4, 0.5) is 4.79 Å². The van der Waals surface area contributed by atoms with Crippen LogP contribution in [0, 0.1) is 13.8 Å². The summed E-state index contributed by atoms with van der Waals surface area (Å²) in [5.41, 5.74) is 5.26. The third kappa shape index (κ3) is 5.36. The number of benzene rings is 1. The van der Waals surface area contributed by atoms with Crippen LogP contribution in [0.5, 0.6) is 0 Å². The van der Waals surface area contributed by atoms with Gasteiger partial charge in [0, 0.05) is 29.2 Å². The second kappa shape index (κ2) is 9.28. The molecule has 0 bridgehead atoms. The number of fused-ring (bicyclic) bond motifs is 1. The van der Waals surface area contributed by atoms with Crippen LogP contribution in [0.2, 0.25) is 5.02 Å². The fourth-order valence-electron chi connectivity index (χ4n) is 4.15. The molecule has 0 N–H and O–H groups in total. The van der Waals surface area contributed by atoms with Gasteiger partial charge >= 0.3 is 6.09 Å². The minimum absolute atomic E-state index is 0.180. The number of aromatic nitrogens is 2. The van der Waals surface area contributed by atoms with Crippen molar-refractivity contribution in [3.63, 3.8) is 0 Å². The van der Waals surface area contributed by atoms with Crippen LogP contribution >= 0.6 is 27.5 Å². The number of imidazole rings is 1. The Morgan fingerprint density at radius 1 is 1.30 bits per heavy atom. The van der Waals surface area contributed by atoms with Crippen LogP contribution in [0.15, 0.2) is 34.9 Å². The number of hydrogen-bond donors (Lipinski definition) is 0. The SMILES string of the molecule is Cc1ccn2c(C[C@H]3CN(C(=O)OC(C)(C)C)CCO3)c(-c3c(C)cc(Br)cc3Cl)nc2c1. The number of nitrogens with zero attached hydrogens (tertiary/aromatic N) is 3. The van der Waals surface area contributed by atoms with Gasteiger partial charge in [-0.25, -0.2) is 9.78 Å². The number of rotatable bonds is 3. The molecule has 33 heavy (non-hydrogen) atoms. The molecule has 2 aromatic heterocycles. The molecule has 1 saturated heterocycles. The maximum atomic E-state index is 12.6. The minimum Gasteiger partial charge on any atom is -0.444 e. The van der Waals surface area contributed by atoms with Crippen molar-refractivity contribution in [2.24, 2.45) is 0 Å². The van der Waals surface area contributed by atoms with E-state index >= 15 is 0 Å². The van der Waals surface area contributed by atoms with Gasteiger partial charge in [0.05, 0.1) is 35.7 Å². The second-order valence-electron chi connectivity index (χ2n) is 9.54. The Kier molecular flexibility index (Phi) is 6.76. The number of morpholine rings is 1. The summed E-state index contributed by atoms with van der Waals surface area (Å²) in [5, 5.41) is 0.642. The minimum atomic E-state index is -0.534. The van der Waals surface area contributed by atoms with Gasteiger partial charge in [-0.05, 0) is 70.0 Å². The summed E-state index contributed by atoms with van der Waals surface area (Å²) in [5.74, 6) is 0. The Balaban J connectivity index is 1.70. The summed E-state index contributed by atoms with van der Waals surface area (Å²) in [6, 6.07) is 8.06. The Morgan fingerprint density at radius 2 is 2.06 bits per heavy atom. The smallest absolute Gasteiger partial charge is 0.410 e. The zero-order valence-electron chi connectivity index (χ0n) is 19.6. The average Bonchev–Trinajstić information content (AvgIpc) is 3.03. The first-order valence-electron chi connectivity index (χ1n) is 11.0. The van der Waals surface area contributed by atoms with Crippen molar-refractivity contribution in [1.82, 2.24) is 14.3 Å². The summed E-state index contributed by atoms with van der Waals surface area (Å²) in [6.45, 7) is 11.1. The van der Waals surface area contributed by atoms with E-state index in [0.29, 0.717) is 31.1 Å². The van der Waals surface area contributed by atoms with Gasteiger partial charge in [0.15, 0.2) is 0 Å². The van der Waals surface area contributed by atoms with Crippen molar-refractivity contribution in [2.75, 3.05) is 19.7 Å². The molecule has 0 radical (unpaired) electrons. The van der Waals surface area contributed by atoms with E-state index in [2.05, 4.69) is 39.4 Å². The first-order valence-corrected chi connectivity index (χ1v) is 12.2. The second-order valence-corrected chi connectivity index (χ2v) is 10.9. The molecule has 1 atom stereocenters. The molecular formula is C25H29BrClN3O3. The van der Waals surface area contributed by atoms with Crippen LogP contribution < -0.4 is 0 Å². The highest BCUT2D eigenvalue weighted by atomic mass is 79.9. The molecule has 1 aromatic carbocycles. The summed E-state index contributed by atoms with van der Waals surface area (Å²) in [4.78, 5) is 19.3. The van der Waals surface area contributed by atoms with E-state index in [1.54, 1.807) is 4.90 Å². The molecule has 1 aliphatic rings. The molecule has 0 aliphatic carbocycles. The first kappa shape index (κ1) is 24.0. The Morgan fingerprint density at radius 3 is 2.76 bits per heavy atom. The van der Waals surface area contributed by atoms with E-state index in [-0.39, 0.29) is 12.2 Å². The molecule has 176 valence electrons. The molecule has 0 spiro atoms. The first-order chi connectivity index (χ1) is 15.5. The maximum Gasteiger partial charge on any atom is 0.410 e. The van der Waals surface area contributed by atoms with Gasteiger partial charge in [-0.3, -0.25) is 0 Å². The lowest BCUT2D eigenvalue weighted by Gasteiger charge is -2.34. The van der Waals surface area contributed by atoms with E-state index in [0.717, 1.165) is 38.2 Å². The lowest BCUT2D eigenvalue weighted by Crippen LogP contribution is -2.48. The average molecular weight is 535 g/mol. The van der Waals surface area contributed by atoms with Gasteiger partial charge in [-0.15, -0.1) is 0 Å². The van der Waals surface area contributed by atoms with E-state index in [4.69, 9.17) is 26.1 Å². The van der Waals surface area contributed by atoms with Gasteiger partial charge < -0.3 is 18.8 Å². The van der Waals surface area contributed by atoms with Crippen molar-refractivity contribution < 1.29 is 14.3 Å². The number of carbonyl (C=O) groups is 1. The molecule has 1 fully saturated rings. The largest absolute Gasteiger partial charge is 0.444 e. The summed E-state index contributed by atoms with van der Waals surface area (Å²) in [7, 11) is 0. The van der Waals surface area contributed by atoms with Gasteiger partial charge in [-0.2, -0.15) is 0 Å². The number of hydrogen-bond acceptors (Lipinski definition) is 4. The Hall–Kier alpha value is -2.09. The number of ether oxygens (including phenoxy) is 2. The van der Waals surface area contributed by atoms with Crippen molar-refractivity contribution in [3.05, 3.63) is 56.8 Å². The maximum absolute atomic E-state index is 12.6.